The highest BCUT2D eigenvalue weighted by Crippen LogP contribution is 2.02. The van der Waals surface area contributed by atoms with Gasteiger partial charge in [0.25, 0.3) is 0 Å². The summed E-state index contributed by atoms with van der Waals surface area (Å²) in [5, 5.41) is 2.80. The van der Waals surface area contributed by atoms with Gasteiger partial charge >= 0.3 is 6.09 Å². The molecule has 4 heteroatoms. The fourth-order valence-electron chi connectivity index (χ4n) is 1.68. The van der Waals surface area contributed by atoms with Crippen LogP contribution >= 0.6 is 0 Å². The van der Waals surface area contributed by atoms with Crippen LogP contribution in [0.15, 0.2) is 30.3 Å². The van der Waals surface area contributed by atoms with Crippen molar-refractivity contribution in [2.75, 3.05) is 13.7 Å². The number of nitrogens with one attached hydrogen (secondary N) is 1. The summed E-state index contributed by atoms with van der Waals surface area (Å²) in [6.45, 7) is 2.87. The smallest absolute Gasteiger partial charge is 0.407 e. The van der Waals surface area contributed by atoms with Crippen LogP contribution in [0.3, 0.4) is 0 Å². The minimum atomic E-state index is -0.394. The van der Waals surface area contributed by atoms with E-state index in [9.17, 15) is 4.79 Å². The lowest BCUT2D eigenvalue weighted by molar-refractivity contribution is 0.119. The van der Waals surface area contributed by atoms with E-state index >= 15 is 0 Å². The first kappa shape index (κ1) is 14.5. The van der Waals surface area contributed by atoms with Crippen LogP contribution in [0.25, 0.3) is 0 Å². The van der Waals surface area contributed by atoms with E-state index < -0.39 is 6.09 Å². The molecule has 1 amide bonds. The maximum absolute atomic E-state index is 11.6. The van der Waals surface area contributed by atoms with Crippen molar-refractivity contribution < 1.29 is 14.3 Å². The fourth-order valence-corrected chi connectivity index (χ4v) is 1.68. The number of benzene rings is 1. The Morgan fingerprint density at radius 2 is 2.06 bits per heavy atom. The summed E-state index contributed by atoms with van der Waals surface area (Å²) >= 11 is 0. The molecule has 1 N–H and O–H groups in total. The van der Waals surface area contributed by atoms with Gasteiger partial charge in [0.2, 0.25) is 0 Å². The monoisotopic (exact) mass is 251 g/mol. The summed E-state index contributed by atoms with van der Waals surface area (Å²) in [5.74, 6) is 0. The fraction of sp³-hybridized carbons (Fsp3) is 0.500. The molecule has 1 unspecified atom stereocenters. The van der Waals surface area contributed by atoms with Crippen molar-refractivity contribution >= 4 is 6.09 Å². The second-order valence-electron chi connectivity index (χ2n) is 4.15. The predicted molar refractivity (Wildman–Crippen MR) is 70.3 cm³/mol. The Morgan fingerprint density at radius 1 is 1.33 bits per heavy atom. The summed E-state index contributed by atoms with van der Waals surface area (Å²) in [6, 6.07) is 9.63. The Balaban J connectivity index is 2.31. The van der Waals surface area contributed by atoms with Crippen LogP contribution < -0.4 is 5.32 Å². The highest BCUT2D eigenvalue weighted by atomic mass is 16.5. The lowest BCUT2D eigenvalue weighted by atomic mass is 10.2. The van der Waals surface area contributed by atoms with E-state index in [0.717, 1.165) is 18.4 Å². The molecule has 0 aliphatic rings. The molecule has 0 radical (unpaired) electrons. The SMILES string of the molecule is CCCC(COC)NC(=O)OCc1ccccc1. The Hall–Kier alpha value is -1.55. The zero-order valence-electron chi connectivity index (χ0n) is 11.0. The van der Waals surface area contributed by atoms with Crippen molar-refractivity contribution in [3.05, 3.63) is 35.9 Å². The quantitative estimate of drug-likeness (QED) is 0.810. The highest BCUT2D eigenvalue weighted by Gasteiger charge is 2.11. The summed E-state index contributed by atoms with van der Waals surface area (Å²) in [6.07, 6.45) is 1.48. The number of amides is 1. The molecule has 1 rings (SSSR count). The van der Waals surface area contributed by atoms with Crippen LogP contribution in [0.4, 0.5) is 4.79 Å². The van der Waals surface area contributed by atoms with Crippen LogP contribution in [-0.2, 0) is 16.1 Å². The molecule has 0 aromatic heterocycles. The maximum Gasteiger partial charge on any atom is 0.407 e. The standard InChI is InChI=1S/C14H21NO3/c1-3-7-13(11-17-2)15-14(16)18-10-12-8-5-4-6-9-12/h4-6,8-9,13H,3,7,10-11H2,1-2H3,(H,15,16). The number of carbonyl (C=O) groups excluding carboxylic acids is 1. The van der Waals surface area contributed by atoms with Crippen molar-refractivity contribution in [1.82, 2.24) is 5.32 Å². The molecule has 100 valence electrons. The minimum absolute atomic E-state index is 0.0169. The van der Waals surface area contributed by atoms with Gasteiger partial charge < -0.3 is 14.8 Å². The molecule has 1 atom stereocenters. The molecular weight excluding hydrogens is 230 g/mol. The van der Waals surface area contributed by atoms with Gasteiger partial charge in [-0.2, -0.15) is 0 Å². The number of hydrogen-bond acceptors (Lipinski definition) is 3. The molecule has 18 heavy (non-hydrogen) atoms. The lowest BCUT2D eigenvalue weighted by Gasteiger charge is -2.16. The van der Waals surface area contributed by atoms with Crippen LogP contribution in [-0.4, -0.2) is 25.9 Å². The largest absolute Gasteiger partial charge is 0.445 e. The zero-order valence-corrected chi connectivity index (χ0v) is 11.0. The number of alkyl carbamates (subject to hydrolysis) is 1. The molecule has 0 spiro atoms. The van der Waals surface area contributed by atoms with Gasteiger partial charge in [0.05, 0.1) is 12.6 Å². The average Bonchev–Trinajstić information content (AvgIpc) is 2.38. The summed E-state index contributed by atoms with van der Waals surface area (Å²) in [4.78, 5) is 11.6. The van der Waals surface area contributed by atoms with E-state index in [0.29, 0.717) is 13.2 Å². The van der Waals surface area contributed by atoms with E-state index in [2.05, 4.69) is 12.2 Å². The molecule has 0 saturated carbocycles. The molecule has 1 aromatic carbocycles. The van der Waals surface area contributed by atoms with Gasteiger partial charge in [-0.3, -0.25) is 0 Å². The highest BCUT2D eigenvalue weighted by molar-refractivity contribution is 5.67. The molecule has 0 fully saturated rings. The first-order valence-electron chi connectivity index (χ1n) is 6.22. The second kappa shape index (κ2) is 8.53. The van der Waals surface area contributed by atoms with Crippen molar-refractivity contribution in [3.8, 4) is 0 Å². The van der Waals surface area contributed by atoms with Crippen molar-refractivity contribution in [1.29, 1.82) is 0 Å². The van der Waals surface area contributed by atoms with Gasteiger partial charge in [-0.25, -0.2) is 4.79 Å². The van der Waals surface area contributed by atoms with Crippen LogP contribution in [0.2, 0.25) is 0 Å². The number of hydrogen-bond donors (Lipinski definition) is 1. The maximum atomic E-state index is 11.6. The predicted octanol–water partition coefficient (Wildman–Crippen LogP) is 2.73. The van der Waals surface area contributed by atoms with Crippen LogP contribution in [0.5, 0.6) is 0 Å². The topological polar surface area (TPSA) is 47.6 Å². The zero-order chi connectivity index (χ0) is 13.2. The number of methoxy groups -OCH3 is 1. The van der Waals surface area contributed by atoms with Crippen molar-refractivity contribution in [2.24, 2.45) is 0 Å². The molecule has 0 heterocycles. The van der Waals surface area contributed by atoms with E-state index in [4.69, 9.17) is 9.47 Å². The molecule has 4 nitrogen and oxygen atoms in total. The molecular formula is C14H21NO3. The number of carbonyl (C=O) groups is 1. The first-order valence-corrected chi connectivity index (χ1v) is 6.22. The summed E-state index contributed by atoms with van der Waals surface area (Å²) in [7, 11) is 1.62. The molecule has 0 aliphatic carbocycles. The molecule has 1 aromatic rings. The van der Waals surface area contributed by atoms with Gasteiger partial charge in [0.1, 0.15) is 6.61 Å². The van der Waals surface area contributed by atoms with Gasteiger partial charge in [-0.1, -0.05) is 43.7 Å². The van der Waals surface area contributed by atoms with Gasteiger partial charge in [-0.05, 0) is 12.0 Å². The third-order valence-corrected chi connectivity index (χ3v) is 2.54. The Labute approximate surface area is 108 Å². The molecule has 0 aliphatic heterocycles. The van der Waals surface area contributed by atoms with Gasteiger partial charge in [0, 0.05) is 7.11 Å². The second-order valence-corrected chi connectivity index (χ2v) is 4.15. The van der Waals surface area contributed by atoms with Crippen LogP contribution in [0.1, 0.15) is 25.3 Å². The Bertz CT molecular complexity index is 334. The van der Waals surface area contributed by atoms with Gasteiger partial charge in [-0.15, -0.1) is 0 Å². The summed E-state index contributed by atoms with van der Waals surface area (Å²) < 4.78 is 10.2. The third kappa shape index (κ3) is 5.68. The summed E-state index contributed by atoms with van der Waals surface area (Å²) in [5.41, 5.74) is 0.978. The van der Waals surface area contributed by atoms with Crippen molar-refractivity contribution in [2.45, 2.75) is 32.4 Å². The third-order valence-electron chi connectivity index (χ3n) is 2.54. The Morgan fingerprint density at radius 3 is 2.67 bits per heavy atom. The number of ether oxygens (including phenoxy) is 2. The minimum Gasteiger partial charge on any atom is -0.445 e. The normalized spacial score (nSPS) is 11.9. The van der Waals surface area contributed by atoms with E-state index in [1.807, 2.05) is 30.3 Å². The van der Waals surface area contributed by atoms with Crippen molar-refractivity contribution in [3.63, 3.8) is 0 Å². The lowest BCUT2D eigenvalue weighted by Crippen LogP contribution is -2.38. The average molecular weight is 251 g/mol. The van der Waals surface area contributed by atoms with E-state index in [1.165, 1.54) is 0 Å². The van der Waals surface area contributed by atoms with Crippen LogP contribution in [0, 0.1) is 0 Å². The van der Waals surface area contributed by atoms with E-state index in [-0.39, 0.29) is 6.04 Å². The Kier molecular flexibility index (Phi) is 6.87. The van der Waals surface area contributed by atoms with E-state index in [1.54, 1.807) is 7.11 Å². The molecule has 0 bridgehead atoms. The molecule has 0 saturated heterocycles. The first-order chi connectivity index (χ1) is 8.76. The number of rotatable bonds is 7. The van der Waals surface area contributed by atoms with Gasteiger partial charge in [0.15, 0.2) is 0 Å².